The first-order valence-corrected chi connectivity index (χ1v) is 8.75. The quantitative estimate of drug-likeness (QED) is 0.155. The molecule has 2 N–H and O–H groups in total. The lowest BCUT2D eigenvalue weighted by Gasteiger charge is -2.21. The highest BCUT2D eigenvalue weighted by atomic mass is 127. The monoisotopic (exact) mass is 457 g/mol. The number of aliphatic imine (C=N–C) groups is 1. The van der Waals surface area contributed by atoms with E-state index in [0.29, 0.717) is 18.9 Å². The van der Waals surface area contributed by atoms with Crippen molar-refractivity contribution in [3.8, 4) is 0 Å². The number of methoxy groups -OCH3 is 1. The fourth-order valence-electron chi connectivity index (χ4n) is 2.17. The van der Waals surface area contributed by atoms with Gasteiger partial charge in [-0.3, -0.25) is 9.79 Å². The molecule has 0 amide bonds. The van der Waals surface area contributed by atoms with Crippen molar-refractivity contribution in [1.29, 1.82) is 0 Å². The number of rotatable bonds is 12. The van der Waals surface area contributed by atoms with E-state index in [9.17, 15) is 4.79 Å². The van der Waals surface area contributed by atoms with Gasteiger partial charge in [0.1, 0.15) is 0 Å². The second-order valence-electron chi connectivity index (χ2n) is 5.75. The van der Waals surface area contributed by atoms with Crippen molar-refractivity contribution >= 4 is 35.9 Å². The molecule has 0 aliphatic carbocycles. The first kappa shape index (κ1) is 25.7. The molecule has 0 aromatic rings. The van der Waals surface area contributed by atoms with Gasteiger partial charge in [0.25, 0.3) is 0 Å². The summed E-state index contributed by atoms with van der Waals surface area (Å²) in [5.74, 6) is 1.17. The summed E-state index contributed by atoms with van der Waals surface area (Å²) in [5.41, 5.74) is 0. The first-order valence-electron chi connectivity index (χ1n) is 8.75. The molecule has 0 saturated heterocycles. The van der Waals surface area contributed by atoms with Crippen LogP contribution in [0.4, 0.5) is 0 Å². The van der Waals surface area contributed by atoms with Crippen molar-refractivity contribution in [3.05, 3.63) is 0 Å². The molecular weight excluding hydrogens is 421 g/mol. The van der Waals surface area contributed by atoms with Gasteiger partial charge in [0, 0.05) is 32.7 Å². The van der Waals surface area contributed by atoms with Crippen molar-refractivity contribution in [1.82, 2.24) is 10.6 Å². The third-order valence-corrected chi connectivity index (χ3v) is 3.48. The standard InChI is InChI=1S/C17H35N3O3.HI/c1-6-18-17(19-12-9-8-10-16(21)22-5)20-13-11-15(14(3)4)23-7-2;/h14-15H,6-13H2,1-5H3,(H2,18,19,20);1H. The number of guanidine groups is 1. The maximum atomic E-state index is 11.0. The number of carbonyl (C=O) groups excluding carboxylic acids is 1. The maximum absolute atomic E-state index is 11.0. The maximum Gasteiger partial charge on any atom is 0.305 e. The average molecular weight is 457 g/mol. The van der Waals surface area contributed by atoms with Gasteiger partial charge >= 0.3 is 5.97 Å². The van der Waals surface area contributed by atoms with E-state index in [-0.39, 0.29) is 36.0 Å². The van der Waals surface area contributed by atoms with Crippen LogP contribution in [0.5, 0.6) is 0 Å². The Kier molecular flexibility index (Phi) is 18.5. The molecule has 0 saturated carbocycles. The van der Waals surface area contributed by atoms with Crippen LogP contribution in [-0.2, 0) is 14.3 Å². The van der Waals surface area contributed by atoms with Crippen LogP contribution >= 0.6 is 24.0 Å². The Morgan fingerprint density at radius 1 is 1.17 bits per heavy atom. The van der Waals surface area contributed by atoms with Gasteiger partial charge in [-0.05, 0) is 39.0 Å². The zero-order valence-electron chi connectivity index (χ0n) is 15.9. The molecule has 0 aromatic heterocycles. The molecule has 144 valence electrons. The molecule has 0 aromatic carbocycles. The molecule has 0 heterocycles. The van der Waals surface area contributed by atoms with Crippen LogP contribution < -0.4 is 10.6 Å². The third kappa shape index (κ3) is 13.8. The molecule has 0 spiro atoms. The zero-order chi connectivity index (χ0) is 17.5. The number of nitrogens with zero attached hydrogens (tertiary/aromatic N) is 1. The molecule has 7 heteroatoms. The van der Waals surface area contributed by atoms with Crippen LogP contribution in [0.3, 0.4) is 0 Å². The molecule has 0 rings (SSSR count). The summed E-state index contributed by atoms with van der Waals surface area (Å²) < 4.78 is 10.4. The van der Waals surface area contributed by atoms with Crippen molar-refractivity contribution in [2.45, 2.75) is 59.5 Å². The van der Waals surface area contributed by atoms with Gasteiger partial charge in [0.05, 0.1) is 13.2 Å². The second kappa shape index (κ2) is 17.3. The van der Waals surface area contributed by atoms with Crippen molar-refractivity contribution < 1.29 is 14.3 Å². The fraction of sp³-hybridized carbons (Fsp3) is 0.882. The van der Waals surface area contributed by atoms with Crippen molar-refractivity contribution in [2.75, 3.05) is 33.4 Å². The van der Waals surface area contributed by atoms with E-state index in [4.69, 9.17) is 4.74 Å². The number of unbranched alkanes of at least 4 members (excludes halogenated alkanes) is 1. The molecule has 6 nitrogen and oxygen atoms in total. The van der Waals surface area contributed by atoms with Crippen LogP contribution in [-0.4, -0.2) is 51.4 Å². The highest BCUT2D eigenvalue weighted by molar-refractivity contribution is 14.0. The lowest BCUT2D eigenvalue weighted by molar-refractivity contribution is -0.140. The largest absolute Gasteiger partial charge is 0.469 e. The molecule has 1 unspecified atom stereocenters. The number of esters is 1. The Morgan fingerprint density at radius 2 is 1.88 bits per heavy atom. The van der Waals surface area contributed by atoms with E-state index >= 15 is 0 Å². The summed E-state index contributed by atoms with van der Waals surface area (Å²) in [6, 6.07) is 0. The second-order valence-corrected chi connectivity index (χ2v) is 5.75. The van der Waals surface area contributed by atoms with E-state index in [1.165, 1.54) is 7.11 Å². The van der Waals surface area contributed by atoms with E-state index in [1.54, 1.807) is 0 Å². The zero-order valence-corrected chi connectivity index (χ0v) is 18.2. The lowest BCUT2D eigenvalue weighted by atomic mass is 10.0. The number of hydrogen-bond donors (Lipinski definition) is 2. The first-order chi connectivity index (χ1) is 11.0. The van der Waals surface area contributed by atoms with Gasteiger partial charge in [0.15, 0.2) is 5.96 Å². The van der Waals surface area contributed by atoms with Gasteiger partial charge in [-0.2, -0.15) is 0 Å². The van der Waals surface area contributed by atoms with Crippen LogP contribution in [0.15, 0.2) is 4.99 Å². The number of nitrogens with one attached hydrogen (secondary N) is 2. The minimum Gasteiger partial charge on any atom is -0.469 e. The summed E-state index contributed by atoms with van der Waals surface area (Å²) in [6.07, 6.45) is 3.36. The smallest absolute Gasteiger partial charge is 0.305 e. The Bertz CT molecular complexity index is 339. The van der Waals surface area contributed by atoms with Crippen LogP contribution in [0.25, 0.3) is 0 Å². The number of ether oxygens (including phenoxy) is 2. The molecule has 0 bridgehead atoms. The molecule has 0 fully saturated rings. The van der Waals surface area contributed by atoms with E-state index in [2.05, 4.69) is 34.2 Å². The van der Waals surface area contributed by atoms with Crippen LogP contribution in [0.2, 0.25) is 0 Å². The van der Waals surface area contributed by atoms with Crippen LogP contribution in [0.1, 0.15) is 53.4 Å². The van der Waals surface area contributed by atoms with Gasteiger partial charge in [-0.15, -0.1) is 24.0 Å². The van der Waals surface area contributed by atoms with Gasteiger partial charge in [0.2, 0.25) is 0 Å². The van der Waals surface area contributed by atoms with Gasteiger partial charge in [-0.25, -0.2) is 0 Å². The van der Waals surface area contributed by atoms with Gasteiger partial charge < -0.3 is 20.1 Å². The molecule has 0 radical (unpaired) electrons. The Balaban J connectivity index is 0. The SMILES string of the molecule is CCNC(=NCCCCC(=O)OC)NCCC(OCC)C(C)C.I. The summed E-state index contributed by atoms with van der Waals surface area (Å²) in [6.45, 7) is 11.5. The van der Waals surface area contributed by atoms with Gasteiger partial charge in [-0.1, -0.05) is 13.8 Å². The molecule has 24 heavy (non-hydrogen) atoms. The summed E-state index contributed by atoms with van der Waals surface area (Å²) in [7, 11) is 1.42. The van der Waals surface area contributed by atoms with E-state index < -0.39 is 0 Å². The minimum absolute atomic E-state index is 0. The number of halogens is 1. The highest BCUT2D eigenvalue weighted by Crippen LogP contribution is 2.09. The molecule has 0 aliphatic rings. The number of carbonyl (C=O) groups is 1. The topological polar surface area (TPSA) is 72.0 Å². The predicted octanol–water partition coefficient (Wildman–Crippen LogP) is 2.95. The van der Waals surface area contributed by atoms with Crippen molar-refractivity contribution in [2.24, 2.45) is 10.9 Å². The Morgan fingerprint density at radius 3 is 2.42 bits per heavy atom. The van der Waals surface area contributed by atoms with Crippen molar-refractivity contribution in [3.63, 3.8) is 0 Å². The molecular formula is C17H36IN3O3. The van der Waals surface area contributed by atoms with E-state index in [1.807, 2.05) is 13.8 Å². The highest BCUT2D eigenvalue weighted by Gasteiger charge is 2.12. The summed E-state index contributed by atoms with van der Waals surface area (Å²) in [4.78, 5) is 15.6. The number of hydrogen-bond acceptors (Lipinski definition) is 4. The predicted molar refractivity (Wildman–Crippen MR) is 110 cm³/mol. The lowest BCUT2D eigenvalue weighted by Crippen LogP contribution is -2.39. The van der Waals surface area contributed by atoms with Crippen LogP contribution in [0, 0.1) is 5.92 Å². The Hall–Kier alpha value is -0.570. The normalized spacial score (nSPS) is 12.5. The molecule has 1 atom stereocenters. The summed E-state index contributed by atoms with van der Waals surface area (Å²) >= 11 is 0. The third-order valence-electron chi connectivity index (χ3n) is 3.48. The Labute approximate surface area is 164 Å². The fourth-order valence-corrected chi connectivity index (χ4v) is 2.17. The minimum atomic E-state index is -0.158. The summed E-state index contributed by atoms with van der Waals surface area (Å²) in [5, 5.41) is 6.58. The average Bonchev–Trinajstić information content (AvgIpc) is 2.53. The van der Waals surface area contributed by atoms with E-state index in [0.717, 1.165) is 44.9 Å². The molecule has 0 aliphatic heterocycles.